The number of hydrogen-bond acceptors (Lipinski definition) is 4. The van der Waals surface area contributed by atoms with E-state index in [0.29, 0.717) is 76.5 Å². The molecule has 4 amide bonds. The van der Waals surface area contributed by atoms with Crippen LogP contribution in [0.25, 0.3) is 0 Å². The summed E-state index contributed by atoms with van der Waals surface area (Å²) in [4.78, 5) is 45.6. The molecule has 0 bridgehead atoms. The normalized spacial score (nSPS) is 17.5. The molecule has 0 radical (unpaired) electrons. The second kappa shape index (κ2) is 10.5. The van der Waals surface area contributed by atoms with Crippen LogP contribution in [-0.2, 0) is 4.79 Å². The van der Waals surface area contributed by atoms with E-state index in [4.69, 9.17) is 4.74 Å². The first-order chi connectivity index (χ1) is 15.0. The van der Waals surface area contributed by atoms with Crippen LogP contribution in [-0.4, -0.2) is 96.9 Å². The van der Waals surface area contributed by atoms with Crippen molar-refractivity contribution >= 4 is 17.8 Å². The van der Waals surface area contributed by atoms with Gasteiger partial charge >= 0.3 is 6.03 Å². The maximum absolute atomic E-state index is 13.0. The highest BCUT2D eigenvalue weighted by Gasteiger charge is 2.33. The van der Waals surface area contributed by atoms with E-state index in [1.807, 2.05) is 40.7 Å². The summed E-state index contributed by atoms with van der Waals surface area (Å²) < 4.78 is 5.21. The molecule has 2 aliphatic heterocycles. The van der Waals surface area contributed by atoms with Gasteiger partial charge in [-0.15, -0.1) is 0 Å². The summed E-state index contributed by atoms with van der Waals surface area (Å²) >= 11 is 0. The second-order valence-corrected chi connectivity index (χ2v) is 8.07. The monoisotopic (exact) mass is 430 g/mol. The molecule has 2 aliphatic rings. The van der Waals surface area contributed by atoms with Crippen molar-refractivity contribution in [2.24, 2.45) is 5.92 Å². The van der Waals surface area contributed by atoms with Crippen LogP contribution < -0.4 is 4.74 Å². The lowest BCUT2D eigenvalue weighted by Gasteiger charge is -2.39. The Morgan fingerprint density at radius 2 is 1.55 bits per heavy atom. The van der Waals surface area contributed by atoms with Crippen molar-refractivity contribution in [3.05, 3.63) is 29.8 Å². The van der Waals surface area contributed by atoms with Gasteiger partial charge in [-0.2, -0.15) is 0 Å². The highest BCUT2D eigenvalue weighted by molar-refractivity contribution is 5.94. The number of likely N-dealkylation sites (tertiary alicyclic amines) is 1. The summed E-state index contributed by atoms with van der Waals surface area (Å²) in [5.74, 6) is 0.740. The molecule has 31 heavy (non-hydrogen) atoms. The molecule has 2 fully saturated rings. The third kappa shape index (κ3) is 5.29. The third-order valence-electron chi connectivity index (χ3n) is 6.34. The van der Waals surface area contributed by atoms with Crippen LogP contribution in [0.3, 0.4) is 0 Å². The number of carbonyl (C=O) groups is 3. The summed E-state index contributed by atoms with van der Waals surface area (Å²) in [5.41, 5.74) is 0.601. The molecule has 3 rings (SSSR count). The van der Waals surface area contributed by atoms with Gasteiger partial charge in [-0.05, 0) is 44.9 Å². The first kappa shape index (κ1) is 22.9. The van der Waals surface area contributed by atoms with Crippen LogP contribution in [0.15, 0.2) is 24.3 Å². The van der Waals surface area contributed by atoms with Gasteiger partial charge in [-0.25, -0.2) is 4.79 Å². The van der Waals surface area contributed by atoms with Crippen LogP contribution in [0, 0.1) is 5.92 Å². The quantitative estimate of drug-likeness (QED) is 0.718. The van der Waals surface area contributed by atoms with Crippen LogP contribution in [0.4, 0.5) is 4.79 Å². The number of amides is 4. The highest BCUT2D eigenvalue weighted by atomic mass is 16.5. The first-order valence-corrected chi connectivity index (χ1v) is 11.2. The van der Waals surface area contributed by atoms with Crippen molar-refractivity contribution in [2.45, 2.75) is 26.7 Å². The molecule has 0 saturated carbocycles. The average molecular weight is 431 g/mol. The van der Waals surface area contributed by atoms with E-state index in [2.05, 4.69) is 0 Å². The lowest BCUT2D eigenvalue weighted by molar-refractivity contribution is -0.138. The van der Waals surface area contributed by atoms with Gasteiger partial charge in [0.1, 0.15) is 5.75 Å². The molecule has 0 spiro atoms. The molecule has 0 N–H and O–H groups in total. The molecule has 2 saturated heterocycles. The van der Waals surface area contributed by atoms with E-state index in [9.17, 15) is 14.4 Å². The van der Waals surface area contributed by atoms with Crippen LogP contribution in [0.5, 0.6) is 5.75 Å². The van der Waals surface area contributed by atoms with Gasteiger partial charge in [-0.1, -0.05) is 6.07 Å². The Balaban J connectivity index is 1.48. The van der Waals surface area contributed by atoms with Crippen molar-refractivity contribution in [2.75, 3.05) is 59.5 Å². The highest BCUT2D eigenvalue weighted by Crippen LogP contribution is 2.22. The number of urea groups is 1. The van der Waals surface area contributed by atoms with Crippen LogP contribution >= 0.6 is 0 Å². The fourth-order valence-corrected chi connectivity index (χ4v) is 4.34. The Kier molecular flexibility index (Phi) is 7.76. The number of piperidine rings is 1. The minimum absolute atomic E-state index is 0.0331. The lowest BCUT2D eigenvalue weighted by atomic mass is 9.95. The zero-order valence-electron chi connectivity index (χ0n) is 18.9. The summed E-state index contributed by atoms with van der Waals surface area (Å²) in [5, 5.41) is 0. The van der Waals surface area contributed by atoms with E-state index in [1.165, 1.54) is 0 Å². The standard InChI is InChI=1S/C23H34N4O4/c1-4-24(5-2)23(30)27-11-9-18(10-12-27)21(28)25-13-15-26(16-14-25)22(29)19-7-6-8-20(17-19)31-3/h6-8,17-18H,4-5,9-16H2,1-3H3. The number of nitrogens with zero attached hydrogens (tertiary/aromatic N) is 4. The molecule has 0 atom stereocenters. The second-order valence-electron chi connectivity index (χ2n) is 8.07. The maximum Gasteiger partial charge on any atom is 0.319 e. The van der Waals surface area contributed by atoms with E-state index in [-0.39, 0.29) is 23.8 Å². The zero-order chi connectivity index (χ0) is 22.4. The minimum Gasteiger partial charge on any atom is -0.497 e. The van der Waals surface area contributed by atoms with E-state index in [1.54, 1.807) is 24.1 Å². The molecule has 8 nitrogen and oxygen atoms in total. The van der Waals surface area contributed by atoms with Crippen molar-refractivity contribution < 1.29 is 19.1 Å². The predicted octanol–water partition coefficient (Wildman–Crippen LogP) is 2.15. The maximum atomic E-state index is 13.0. The molecule has 0 aromatic heterocycles. The number of carbonyl (C=O) groups excluding carboxylic acids is 3. The summed E-state index contributed by atoms with van der Waals surface area (Å²) in [6, 6.07) is 7.22. The number of piperazine rings is 1. The SMILES string of the molecule is CCN(CC)C(=O)N1CCC(C(=O)N2CCN(C(=O)c3cccc(OC)c3)CC2)CC1. The third-order valence-corrected chi connectivity index (χ3v) is 6.34. The van der Waals surface area contributed by atoms with E-state index < -0.39 is 0 Å². The van der Waals surface area contributed by atoms with Crippen LogP contribution in [0.2, 0.25) is 0 Å². The van der Waals surface area contributed by atoms with E-state index in [0.717, 1.165) is 0 Å². The van der Waals surface area contributed by atoms with Crippen molar-refractivity contribution in [1.82, 2.24) is 19.6 Å². The Morgan fingerprint density at radius 1 is 0.935 bits per heavy atom. The van der Waals surface area contributed by atoms with E-state index >= 15 is 0 Å². The number of ether oxygens (including phenoxy) is 1. The number of benzene rings is 1. The molecule has 0 unspecified atom stereocenters. The largest absolute Gasteiger partial charge is 0.497 e. The van der Waals surface area contributed by atoms with Gasteiger partial charge in [-0.3, -0.25) is 9.59 Å². The molecule has 1 aromatic rings. The molecule has 8 heteroatoms. The summed E-state index contributed by atoms with van der Waals surface area (Å²) in [6.45, 7) is 8.77. The fraction of sp³-hybridized carbons (Fsp3) is 0.609. The van der Waals surface area contributed by atoms with Crippen molar-refractivity contribution in [3.8, 4) is 5.75 Å². The molecule has 1 aromatic carbocycles. The zero-order valence-corrected chi connectivity index (χ0v) is 18.9. The summed E-state index contributed by atoms with van der Waals surface area (Å²) in [7, 11) is 1.58. The molecule has 170 valence electrons. The topological polar surface area (TPSA) is 73.4 Å². The smallest absolute Gasteiger partial charge is 0.319 e. The Bertz CT molecular complexity index is 780. The fourth-order valence-electron chi connectivity index (χ4n) is 4.34. The van der Waals surface area contributed by atoms with Gasteiger partial charge in [0.15, 0.2) is 0 Å². The molecule has 2 heterocycles. The number of hydrogen-bond donors (Lipinski definition) is 0. The van der Waals surface area contributed by atoms with Crippen molar-refractivity contribution in [1.29, 1.82) is 0 Å². The van der Waals surface area contributed by atoms with Crippen LogP contribution in [0.1, 0.15) is 37.0 Å². The lowest BCUT2D eigenvalue weighted by Crippen LogP contribution is -2.53. The number of rotatable bonds is 5. The van der Waals surface area contributed by atoms with Crippen molar-refractivity contribution in [3.63, 3.8) is 0 Å². The molecule has 0 aliphatic carbocycles. The predicted molar refractivity (Wildman–Crippen MR) is 118 cm³/mol. The Labute approximate surface area is 184 Å². The Hall–Kier alpha value is -2.77. The van der Waals surface area contributed by atoms with Gasteiger partial charge in [0.05, 0.1) is 7.11 Å². The molecular formula is C23H34N4O4. The Morgan fingerprint density at radius 3 is 2.13 bits per heavy atom. The molecular weight excluding hydrogens is 396 g/mol. The van der Waals surface area contributed by atoms with Gasteiger partial charge in [0.25, 0.3) is 5.91 Å². The average Bonchev–Trinajstić information content (AvgIpc) is 2.84. The number of methoxy groups -OCH3 is 1. The van der Waals surface area contributed by atoms with Gasteiger partial charge in [0, 0.05) is 63.8 Å². The van der Waals surface area contributed by atoms with Gasteiger partial charge < -0.3 is 24.3 Å². The summed E-state index contributed by atoms with van der Waals surface area (Å²) in [6.07, 6.45) is 1.41. The first-order valence-electron chi connectivity index (χ1n) is 11.2. The minimum atomic E-state index is -0.0404. The van der Waals surface area contributed by atoms with Gasteiger partial charge in [0.2, 0.25) is 5.91 Å².